The van der Waals surface area contributed by atoms with E-state index < -0.39 is 10.0 Å². The van der Waals surface area contributed by atoms with Crippen molar-refractivity contribution in [3.63, 3.8) is 0 Å². The first-order valence-electron chi connectivity index (χ1n) is 6.86. The highest BCUT2D eigenvalue weighted by Crippen LogP contribution is 2.26. The second-order valence-electron chi connectivity index (χ2n) is 5.28. The number of hydrogen-bond acceptors (Lipinski definition) is 3. The van der Waals surface area contributed by atoms with Crippen LogP contribution < -0.4 is 10.0 Å². The van der Waals surface area contributed by atoms with Crippen LogP contribution in [-0.4, -0.2) is 20.6 Å². The van der Waals surface area contributed by atoms with Crippen LogP contribution in [0.2, 0.25) is 5.02 Å². The van der Waals surface area contributed by atoms with E-state index in [1.165, 1.54) is 12.1 Å². The summed E-state index contributed by atoms with van der Waals surface area (Å²) in [4.78, 5) is 12.0. The quantitative estimate of drug-likeness (QED) is 0.867. The van der Waals surface area contributed by atoms with Gasteiger partial charge in [-0.3, -0.25) is 9.52 Å². The lowest BCUT2D eigenvalue weighted by atomic mass is 10.1. The number of hydrogen-bond donors (Lipinski definition) is 2. The molecule has 2 aromatic rings. The van der Waals surface area contributed by atoms with Gasteiger partial charge in [0.05, 0.1) is 23.4 Å². The summed E-state index contributed by atoms with van der Waals surface area (Å²) in [5.41, 5.74) is 2.82. The van der Waals surface area contributed by atoms with Gasteiger partial charge in [0.15, 0.2) is 0 Å². The number of rotatable bonds is 5. The fraction of sp³-hybridized carbons (Fsp3) is 0.188. The minimum absolute atomic E-state index is 0.172. The Morgan fingerprint density at radius 3 is 2.35 bits per heavy atom. The third kappa shape index (κ3) is 5.58. The molecule has 5 nitrogen and oxygen atoms in total. The fourth-order valence-electron chi connectivity index (χ4n) is 1.97. The molecule has 0 saturated carbocycles. The molecule has 0 atom stereocenters. The van der Waals surface area contributed by atoms with Crippen LogP contribution in [0.1, 0.15) is 11.1 Å². The monoisotopic (exact) mass is 352 g/mol. The summed E-state index contributed by atoms with van der Waals surface area (Å²) in [5, 5.41) is 2.95. The van der Waals surface area contributed by atoms with Crippen LogP contribution in [0.3, 0.4) is 0 Å². The number of benzene rings is 2. The minimum Gasteiger partial charge on any atom is -0.326 e. The largest absolute Gasteiger partial charge is 0.326 e. The van der Waals surface area contributed by atoms with E-state index >= 15 is 0 Å². The molecule has 2 N–H and O–H groups in total. The van der Waals surface area contributed by atoms with E-state index in [1.807, 2.05) is 31.2 Å². The van der Waals surface area contributed by atoms with Gasteiger partial charge in [0.1, 0.15) is 0 Å². The van der Waals surface area contributed by atoms with Gasteiger partial charge in [-0.15, -0.1) is 0 Å². The maximum absolute atomic E-state index is 12.0. The molecule has 0 bridgehead atoms. The predicted octanol–water partition coefficient (Wildman–Crippen LogP) is 3.20. The molecule has 0 spiro atoms. The number of halogens is 1. The SMILES string of the molecule is Cc1ccc(CC(=O)Nc2ccc(NS(C)(=O)=O)c(Cl)c2)cc1. The van der Waals surface area contributed by atoms with E-state index in [2.05, 4.69) is 10.0 Å². The van der Waals surface area contributed by atoms with Gasteiger partial charge in [-0.25, -0.2) is 8.42 Å². The third-order valence-electron chi connectivity index (χ3n) is 3.03. The average molecular weight is 353 g/mol. The molecule has 23 heavy (non-hydrogen) atoms. The number of anilines is 2. The Bertz CT molecular complexity index is 818. The molecule has 0 aliphatic heterocycles. The smallest absolute Gasteiger partial charge is 0.229 e. The maximum atomic E-state index is 12.0. The summed E-state index contributed by atoms with van der Waals surface area (Å²) >= 11 is 6.02. The van der Waals surface area contributed by atoms with Crippen LogP contribution in [0.5, 0.6) is 0 Å². The van der Waals surface area contributed by atoms with Crippen molar-refractivity contribution < 1.29 is 13.2 Å². The third-order valence-corrected chi connectivity index (χ3v) is 3.94. The first-order chi connectivity index (χ1) is 10.7. The number of aryl methyl sites for hydroxylation is 1. The Balaban J connectivity index is 2.04. The molecule has 122 valence electrons. The summed E-state index contributed by atoms with van der Waals surface area (Å²) in [6.45, 7) is 1.98. The predicted molar refractivity (Wildman–Crippen MR) is 93.4 cm³/mol. The first-order valence-corrected chi connectivity index (χ1v) is 9.12. The van der Waals surface area contributed by atoms with Crippen LogP contribution in [0, 0.1) is 6.92 Å². The lowest BCUT2D eigenvalue weighted by Gasteiger charge is -2.10. The number of nitrogens with one attached hydrogen (secondary N) is 2. The van der Waals surface area contributed by atoms with Crippen molar-refractivity contribution >= 4 is 38.9 Å². The van der Waals surface area contributed by atoms with Gasteiger partial charge < -0.3 is 5.32 Å². The first kappa shape index (κ1) is 17.3. The van der Waals surface area contributed by atoms with Crippen LogP contribution in [0.15, 0.2) is 42.5 Å². The molecule has 7 heteroatoms. The Morgan fingerprint density at radius 2 is 1.78 bits per heavy atom. The Hall–Kier alpha value is -2.05. The maximum Gasteiger partial charge on any atom is 0.229 e. The molecule has 0 saturated heterocycles. The second-order valence-corrected chi connectivity index (χ2v) is 7.44. The Kier molecular flexibility index (Phi) is 5.28. The van der Waals surface area contributed by atoms with Crippen LogP contribution in [0.25, 0.3) is 0 Å². The molecular formula is C16H17ClN2O3S. The van der Waals surface area contributed by atoms with Gasteiger partial charge in [-0.1, -0.05) is 41.4 Å². The number of carbonyl (C=O) groups excluding carboxylic acids is 1. The standard InChI is InChI=1S/C16H17ClN2O3S/c1-11-3-5-12(6-4-11)9-16(20)18-13-7-8-15(14(17)10-13)19-23(2,21)22/h3-8,10,19H,9H2,1-2H3,(H,18,20). The van der Waals surface area contributed by atoms with E-state index in [4.69, 9.17) is 11.6 Å². The Labute approximate surface area is 140 Å². The topological polar surface area (TPSA) is 75.3 Å². The highest BCUT2D eigenvalue weighted by molar-refractivity contribution is 7.92. The van der Waals surface area contributed by atoms with Gasteiger partial charge in [-0.2, -0.15) is 0 Å². The van der Waals surface area contributed by atoms with Crippen LogP contribution in [0.4, 0.5) is 11.4 Å². The van der Waals surface area contributed by atoms with Crippen molar-refractivity contribution in [2.75, 3.05) is 16.3 Å². The second kappa shape index (κ2) is 7.02. The van der Waals surface area contributed by atoms with Crippen molar-refractivity contribution in [1.29, 1.82) is 0 Å². The zero-order chi connectivity index (χ0) is 17.0. The van der Waals surface area contributed by atoms with Crippen LogP contribution in [-0.2, 0) is 21.2 Å². The summed E-state index contributed by atoms with van der Waals surface area (Å²) < 4.78 is 24.7. The normalized spacial score (nSPS) is 11.1. The summed E-state index contributed by atoms with van der Waals surface area (Å²) in [7, 11) is -3.40. The van der Waals surface area contributed by atoms with Crippen molar-refractivity contribution in [3.05, 3.63) is 58.6 Å². The van der Waals surface area contributed by atoms with E-state index in [0.717, 1.165) is 17.4 Å². The molecule has 0 unspecified atom stereocenters. The van der Waals surface area contributed by atoms with Gasteiger partial charge in [0.2, 0.25) is 15.9 Å². The fourth-order valence-corrected chi connectivity index (χ4v) is 2.83. The molecule has 0 aromatic heterocycles. The van der Waals surface area contributed by atoms with Crippen molar-refractivity contribution in [2.24, 2.45) is 0 Å². The molecule has 0 aliphatic rings. The summed E-state index contributed by atoms with van der Waals surface area (Å²) in [6, 6.07) is 12.3. The lowest BCUT2D eigenvalue weighted by Crippen LogP contribution is -2.15. The Morgan fingerprint density at radius 1 is 1.13 bits per heavy atom. The molecule has 0 heterocycles. The zero-order valence-electron chi connectivity index (χ0n) is 12.8. The molecule has 1 amide bonds. The van der Waals surface area contributed by atoms with Gasteiger partial charge in [0, 0.05) is 5.69 Å². The molecule has 2 rings (SSSR count). The summed E-state index contributed by atoms with van der Waals surface area (Å²) in [6.07, 6.45) is 1.29. The number of amides is 1. The molecule has 2 aromatic carbocycles. The highest BCUT2D eigenvalue weighted by atomic mass is 35.5. The summed E-state index contributed by atoms with van der Waals surface area (Å²) in [5.74, 6) is -0.172. The zero-order valence-corrected chi connectivity index (χ0v) is 14.3. The minimum atomic E-state index is -3.40. The van der Waals surface area contributed by atoms with Crippen molar-refractivity contribution in [2.45, 2.75) is 13.3 Å². The van der Waals surface area contributed by atoms with Crippen molar-refractivity contribution in [1.82, 2.24) is 0 Å². The van der Waals surface area contributed by atoms with E-state index in [0.29, 0.717) is 5.69 Å². The number of sulfonamides is 1. The van der Waals surface area contributed by atoms with Crippen LogP contribution >= 0.6 is 11.6 Å². The van der Waals surface area contributed by atoms with Gasteiger partial charge >= 0.3 is 0 Å². The van der Waals surface area contributed by atoms with Crippen molar-refractivity contribution in [3.8, 4) is 0 Å². The van der Waals surface area contributed by atoms with Gasteiger partial charge in [0.25, 0.3) is 0 Å². The van der Waals surface area contributed by atoms with E-state index in [-0.39, 0.29) is 23.0 Å². The highest BCUT2D eigenvalue weighted by Gasteiger charge is 2.09. The molecule has 0 fully saturated rings. The van der Waals surface area contributed by atoms with Gasteiger partial charge in [-0.05, 0) is 30.7 Å². The molecule has 0 aliphatic carbocycles. The lowest BCUT2D eigenvalue weighted by molar-refractivity contribution is -0.115. The molecule has 0 radical (unpaired) electrons. The van der Waals surface area contributed by atoms with E-state index in [9.17, 15) is 13.2 Å². The average Bonchev–Trinajstić information content (AvgIpc) is 2.43. The molecular weight excluding hydrogens is 336 g/mol. The van der Waals surface area contributed by atoms with E-state index in [1.54, 1.807) is 6.07 Å². The number of carbonyl (C=O) groups is 1.